The Balaban J connectivity index is 0.000000285. The number of benzene rings is 2. The maximum atomic E-state index is 12.2. The van der Waals surface area contributed by atoms with Gasteiger partial charge in [-0.1, -0.05) is 83.8 Å². The molecule has 2 aliphatic heterocycles. The number of ether oxygens (including phenoxy) is 2. The number of aliphatic hydroxyl groups is 1. The van der Waals surface area contributed by atoms with E-state index in [-0.39, 0.29) is 24.2 Å². The number of carbonyl (C=O) groups excluding carboxylic acids is 1. The maximum absolute atomic E-state index is 12.2. The number of rotatable bonds is 5. The minimum absolute atomic E-state index is 0.0502. The van der Waals surface area contributed by atoms with E-state index in [2.05, 4.69) is 33.0 Å². The summed E-state index contributed by atoms with van der Waals surface area (Å²) in [5.41, 5.74) is 0.309. The average molecular weight is 638 g/mol. The van der Waals surface area contributed by atoms with E-state index in [0.717, 1.165) is 22.0 Å². The predicted octanol–water partition coefficient (Wildman–Crippen LogP) is 6.93. The molecule has 1 aliphatic carbocycles. The van der Waals surface area contributed by atoms with E-state index in [1.165, 1.54) is 12.0 Å². The number of carbonyl (C=O) groups is 1. The van der Waals surface area contributed by atoms with Crippen molar-refractivity contribution < 1.29 is 28.2 Å². The fraction of sp³-hybridized carbons (Fsp3) is 0.400. The number of likely N-dealkylation sites (tertiary alicyclic amines) is 1. The highest BCUT2D eigenvalue weighted by atomic mass is 79.9. The summed E-state index contributed by atoms with van der Waals surface area (Å²) >= 11 is 9.72. The van der Waals surface area contributed by atoms with Gasteiger partial charge in [-0.25, -0.2) is 13.8 Å². The molecule has 6 rings (SSSR count). The Labute approximate surface area is 246 Å². The van der Waals surface area contributed by atoms with Gasteiger partial charge in [0, 0.05) is 29.5 Å². The van der Waals surface area contributed by atoms with Crippen molar-refractivity contribution in [2.75, 3.05) is 20.2 Å². The monoisotopic (exact) mass is 636 g/mol. The van der Waals surface area contributed by atoms with Crippen LogP contribution in [0.4, 0.5) is 8.78 Å². The zero-order valence-electron chi connectivity index (χ0n) is 22.5. The number of aromatic nitrogens is 1. The number of hydrogen-bond donors (Lipinski definition) is 1. The number of amides is 1. The molecule has 0 bridgehead atoms. The van der Waals surface area contributed by atoms with Gasteiger partial charge in [0.25, 0.3) is 0 Å². The van der Waals surface area contributed by atoms with Gasteiger partial charge in [0.1, 0.15) is 16.5 Å². The van der Waals surface area contributed by atoms with Gasteiger partial charge < -0.3 is 19.5 Å². The number of nitrogens with zero attached hydrogens (tertiary/aromatic N) is 2. The molecule has 0 radical (unpaired) electrons. The zero-order valence-corrected chi connectivity index (χ0v) is 24.8. The Morgan fingerprint density at radius 3 is 2.40 bits per heavy atom. The molecule has 1 N–H and O–H groups in total. The molecule has 214 valence electrons. The van der Waals surface area contributed by atoms with Crippen LogP contribution in [-0.2, 0) is 16.0 Å². The van der Waals surface area contributed by atoms with Crippen LogP contribution in [-0.4, -0.2) is 48.0 Å². The summed E-state index contributed by atoms with van der Waals surface area (Å²) in [5, 5.41) is 12.5. The van der Waals surface area contributed by atoms with Crippen LogP contribution in [0.1, 0.15) is 49.3 Å². The van der Waals surface area contributed by atoms with Crippen molar-refractivity contribution in [3.8, 4) is 11.6 Å². The van der Waals surface area contributed by atoms with E-state index >= 15 is 0 Å². The molecule has 0 spiro atoms. The van der Waals surface area contributed by atoms with Crippen LogP contribution in [0.5, 0.6) is 11.6 Å². The molecule has 40 heavy (non-hydrogen) atoms. The summed E-state index contributed by atoms with van der Waals surface area (Å²) in [6, 6.07) is 19.8. The molecule has 2 aromatic carbocycles. The number of pyridine rings is 1. The van der Waals surface area contributed by atoms with Crippen LogP contribution in [0.3, 0.4) is 0 Å². The Kier molecular flexibility index (Phi) is 9.37. The first-order valence-corrected chi connectivity index (χ1v) is 14.4. The van der Waals surface area contributed by atoms with Crippen molar-refractivity contribution in [2.24, 2.45) is 5.92 Å². The second-order valence-electron chi connectivity index (χ2n) is 9.69. The van der Waals surface area contributed by atoms with Crippen molar-refractivity contribution in [3.63, 3.8) is 0 Å². The fourth-order valence-electron chi connectivity index (χ4n) is 5.83. The van der Waals surface area contributed by atoms with Crippen LogP contribution in [0.15, 0.2) is 65.1 Å². The van der Waals surface area contributed by atoms with Crippen molar-refractivity contribution in [1.29, 1.82) is 0 Å². The maximum Gasteiger partial charge on any atom is 0.244 e. The Morgan fingerprint density at radius 2 is 1.82 bits per heavy atom. The highest BCUT2D eigenvalue weighted by molar-refractivity contribution is 9.10. The van der Waals surface area contributed by atoms with Gasteiger partial charge in [-0.05, 0) is 36.1 Å². The fourth-order valence-corrected chi connectivity index (χ4v) is 6.27. The van der Waals surface area contributed by atoms with Gasteiger partial charge in [0.05, 0.1) is 18.6 Å². The van der Waals surface area contributed by atoms with Crippen molar-refractivity contribution in [2.45, 2.75) is 50.2 Å². The first kappa shape index (κ1) is 30.2. The summed E-state index contributed by atoms with van der Waals surface area (Å²) < 4.78 is 36.4. The van der Waals surface area contributed by atoms with E-state index in [0.29, 0.717) is 30.0 Å². The largest absolute Gasteiger partial charge is 0.481 e. The molecule has 3 aliphatic rings. The Bertz CT molecular complexity index is 1310. The highest BCUT2D eigenvalue weighted by Crippen LogP contribution is 2.68. The van der Waals surface area contributed by atoms with E-state index in [1.54, 1.807) is 6.07 Å². The van der Waals surface area contributed by atoms with E-state index < -0.39 is 23.5 Å². The molecular formula is C30H32BrClF2N2O4. The summed E-state index contributed by atoms with van der Waals surface area (Å²) in [4.78, 5) is 15.5. The molecule has 1 saturated carbocycles. The number of hydrogen-bond acceptors (Lipinski definition) is 5. The van der Waals surface area contributed by atoms with Gasteiger partial charge in [-0.3, -0.25) is 4.79 Å². The average Bonchev–Trinajstić information content (AvgIpc) is 3.36. The SMILES string of the molecule is CC.COc1nc(Cl)cc2c1C1(O)CCC(c3ccccc3)C1(c1ccc(Br)cc1)O2.O=CN1CC(C(F)F)C1. The lowest BCUT2D eigenvalue weighted by atomic mass is 9.72. The third kappa shape index (κ3) is 5.19. The van der Waals surface area contributed by atoms with E-state index in [9.17, 15) is 18.7 Å². The lowest BCUT2D eigenvalue weighted by molar-refractivity contribution is -0.127. The Hall–Kier alpha value is -2.75. The van der Waals surface area contributed by atoms with E-state index in [4.69, 9.17) is 21.1 Å². The normalized spacial score (nSPS) is 24.4. The standard InChI is InChI=1S/C23H19BrClNO3.C5H7F2NO.C2H6/c1-28-21-20-18(13-19(25)26-21)29-23(15-7-9-16(24)10-8-15)17(11-12-22(20,23)27)14-5-3-2-4-6-14;6-5(7)4-1-8(2-4)3-9;1-2/h2-10,13,17,27H,11-12H2,1H3;3-5H,1-2H2;1-2H3. The molecular weight excluding hydrogens is 606 g/mol. The van der Waals surface area contributed by atoms with Crippen molar-refractivity contribution in [3.05, 3.63) is 87.0 Å². The number of methoxy groups -OCH3 is 1. The minimum Gasteiger partial charge on any atom is -0.481 e. The summed E-state index contributed by atoms with van der Waals surface area (Å²) in [6.45, 7) is 4.45. The van der Waals surface area contributed by atoms with Crippen molar-refractivity contribution in [1.82, 2.24) is 9.88 Å². The van der Waals surface area contributed by atoms with Gasteiger partial charge >= 0.3 is 0 Å². The van der Waals surface area contributed by atoms with Gasteiger partial charge in [0.15, 0.2) is 5.60 Å². The lowest BCUT2D eigenvalue weighted by Crippen LogP contribution is -2.48. The lowest BCUT2D eigenvalue weighted by Gasteiger charge is -2.40. The van der Waals surface area contributed by atoms with Crippen LogP contribution in [0.2, 0.25) is 5.15 Å². The first-order chi connectivity index (χ1) is 19.2. The van der Waals surface area contributed by atoms with Crippen LogP contribution in [0.25, 0.3) is 0 Å². The molecule has 1 saturated heterocycles. The predicted molar refractivity (Wildman–Crippen MR) is 153 cm³/mol. The molecule has 1 aromatic heterocycles. The Morgan fingerprint density at radius 1 is 1.18 bits per heavy atom. The quantitative estimate of drug-likeness (QED) is 0.243. The summed E-state index contributed by atoms with van der Waals surface area (Å²) in [5.74, 6) is 0.205. The molecule has 1 amide bonds. The second-order valence-corrected chi connectivity index (χ2v) is 11.0. The van der Waals surface area contributed by atoms with Crippen LogP contribution >= 0.6 is 27.5 Å². The molecule has 3 atom stereocenters. The molecule has 3 unspecified atom stereocenters. The number of fused-ring (bicyclic) bond motifs is 3. The van der Waals surface area contributed by atoms with Crippen LogP contribution in [0, 0.1) is 5.92 Å². The molecule has 3 aromatic rings. The molecule has 10 heteroatoms. The summed E-state index contributed by atoms with van der Waals surface area (Å²) in [7, 11) is 1.53. The second kappa shape index (κ2) is 12.4. The smallest absolute Gasteiger partial charge is 0.244 e. The number of halogens is 4. The van der Waals surface area contributed by atoms with E-state index in [1.807, 2.05) is 56.3 Å². The number of alkyl halides is 2. The van der Waals surface area contributed by atoms with Gasteiger partial charge in [-0.15, -0.1) is 0 Å². The minimum atomic E-state index is -2.26. The topological polar surface area (TPSA) is 71.9 Å². The van der Waals surface area contributed by atoms with Crippen molar-refractivity contribution >= 4 is 33.9 Å². The first-order valence-electron chi connectivity index (χ1n) is 13.2. The molecule has 2 fully saturated rings. The van der Waals surface area contributed by atoms with Gasteiger partial charge in [0.2, 0.25) is 18.7 Å². The highest BCUT2D eigenvalue weighted by Gasteiger charge is 2.69. The third-order valence-corrected chi connectivity index (χ3v) is 8.34. The molecule has 6 nitrogen and oxygen atoms in total. The zero-order chi connectivity index (χ0) is 29.1. The molecule has 3 heterocycles. The van der Waals surface area contributed by atoms with Crippen LogP contribution < -0.4 is 9.47 Å². The summed E-state index contributed by atoms with van der Waals surface area (Å²) in [6.07, 6.45) is -0.378. The van der Waals surface area contributed by atoms with Gasteiger partial charge in [-0.2, -0.15) is 0 Å². The third-order valence-electron chi connectivity index (χ3n) is 7.62.